The number of rotatable bonds is 7. The molecule has 2 aromatic rings. The van der Waals surface area contributed by atoms with E-state index < -0.39 is 6.09 Å². The fourth-order valence-corrected chi connectivity index (χ4v) is 2.51. The normalized spacial score (nSPS) is 10.1. The van der Waals surface area contributed by atoms with Gasteiger partial charge in [0, 0.05) is 42.0 Å². The number of methoxy groups -OCH3 is 1. The number of anilines is 2. The van der Waals surface area contributed by atoms with E-state index in [1.807, 2.05) is 0 Å². The van der Waals surface area contributed by atoms with Gasteiger partial charge in [0.05, 0.1) is 7.11 Å². The zero-order valence-electron chi connectivity index (χ0n) is 15.7. The molecule has 2 aromatic carbocycles. The topological polar surface area (TPSA) is 87.7 Å². The third kappa shape index (κ3) is 6.28. The summed E-state index contributed by atoms with van der Waals surface area (Å²) >= 11 is 5.79. The van der Waals surface area contributed by atoms with Gasteiger partial charge in [0.15, 0.2) is 0 Å². The minimum absolute atomic E-state index is 0.158. The Morgan fingerprint density at radius 2 is 1.68 bits per heavy atom. The van der Waals surface area contributed by atoms with Crippen molar-refractivity contribution in [2.75, 3.05) is 30.9 Å². The van der Waals surface area contributed by atoms with Crippen molar-refractivity contribution < 1.29 is 19.1 Å². The lowest BCUT2D eigenvalue weighted by atomic mass is 10.2. The van der Waals surface area contributed by atoms with Gasteiger partial charge in [-0.2, -0.15) is 0 Å². The molecule has 7 nitrogen and oxygen atoms in total. The molecule has 0 unspecified atom stereocenters. The first-order valence-electron chi connectivity index (χ1n) is 8.66. The van der Waals surface area contributed by atoms with Gasteiger partial charge in [-0.3, -0.25) is 14.5 Å². The van der Waals surface area contributed by atoms with Crippen molar-refractivity contribution in [2.24, 2.45) is 0 Å². The fraction of sp³-hybridized carbons (Fsp3) is 0.250. The Hall–Kier alpha value is -3.06. The van der Waals surface area contributed by atoms with E-state index in [9.17, 15) is 14.4 Å². The second-order valence-electron chi connectivity index (χ2n) is 5.99. The first-order valence-corrected chi connectivity index (χ1v) is 9.04. The van der Waals surface area contributed by atoms with E-state index in [0.717, 1.165) is 0 Å². The Morgan fingerprint density at radius 1 is 1.04 bits per heavy atom. The Morgan fingerprint density at radius 3 is 2.29 bits per heavy atom. The van der Waals surface area contributed by atoms with Crippen LogP contribution in [0.3, 0.4) is 0 Å². The summed E-state index contributed by atoms with van der Waals surface area (Å²) in [5.41, 5.74) is 1.79. The van der Waals surface area contributed by atoms with Crippen LogP contribution in [0.2, 0.25) is 5.02 Å². The van der Waals surface area contributed by atoms with E-state index in [1.54, 1.807) is 55.6 Å². The molecule has 0 saturated carbocycles. The largest absolute Gasteiger partial charge is 0.452 e. The number of carbonyl (C=O) groups excluding carboxylic acids is 3. The number of ether oxygens (including phenoxy) is 1. The fourth-order valence-electron chi connectivity index (χ4n) is 2.39. The van der Waals surface area contributed by atoms with Gasteiger partial charge in [0.1, 0.15) is 0 Å². The van der Waals surface area contributed by atoms with Gasteiger partial charge in [-0.05, 0) is 55.0 Å². The second-order valence-corrected chi connectivity index (χ2v) is 6.43. The van der Waals surface area contributed by atoms with Crippen molar-refractivity contribution in [3.05, 3.63) is 59.1 Å². The summed E-state index contributed by atoms with van der Waals surface area (Å²) in [4.78, 5) is 36.8. The molecule has 8 heteroatoms. The van der Waals surface area contributed by atoms with Gasteiger partial charge >= 0.3 is 6.09 Å². The van der Waals surface area contributed by atoms with Crippen LogP contribution in [0.4, 0.5) is 16.2 Å². The molecule has 0 saturated heterocycles. The molecule has 0 bridgehead atoms. The van der Waals surface area contributed by atoms with E-state index in [1.165, 1.54) is 12.0 Å². The van der Waals surface area contributed by atoms with Gasteiger partial charge < -0.3 is 15.4 Å². The number of hydrogen-bond acceptors (Lipinski definition) is 4. The third-order valence-corrected chi connectivity index (χ3v) is 4.21. The molecule has 28 heavy (non-hydrogen) atoms. The second kappa shape index (κ2) is 10.3. The molecule has 0 fully saturated rings. The van der Waals surface area contributed by atoms with Crippen LogP contribution in [-0.2, 0) is 9.53 Å². The molecule has 148 valence electrons. The SMILES string of the molecule is COC(=O)N(C)c1ccc(NC(=O)CCCNC(=O)c2ccc(Cl)cc2)cc1. The maximum Gasteiger partial charge on any atom is 0.413 e. The van der Waals surface area contributed by atoms with E-state index in [-0.39, 0.29) is 18.2 Å². The maximum absolute atomic E-state index is 12.0. The summed E-state index contributed by atoms with van der Waals surface area (Å²) in [5, 5.41) is 6.11. The maximum atomic E-state index is 12.0. The van der Waals surface area contributed by atoms with E-state index in [4.69, 9.17) is 11.6 Å². The highest BCUT2D eigenvalue weighted by atomic mass is 35.5. The summed E-state index contributed by atoms with van der Waals surface area (Å²) in [6.45, 7) is 0.387. The van der Waals surface area contributed by atoms with Crippen molar-refractivity contribution in [1.82, 2.24) is 5.32 Å². The summed E-state index contributed by atoms with van der Waals surface area (Å²) < 4.78 is 4.65. The zero-order valence-corrected chi connectivity index (χ0v) is 16.5. The van der Waals surface area contributed by atoms with Crippen molar-refractivity contribution in [3.63, 3.8) is 0 Å². The molecule has 2 rings (SSSR count). The van der Waals surface area contributed by atoms with Crippen LogP contribution >= 0.6 is 11.6 Å². The van der Waals surface area contributed by atoms with E-state index >= 15 is 0 Å². The first kappa shape index (κ1) is 21.2. The number of carbonyl (C=O) groups is 3. The molecule has 3 amide bonds. The van der Waals surface area contributed by atoms with Crippen LogP contribution in [0.25, 0.3) is 0 Å². The number of benzene rings is 2. The van der Waals surface area contributed by atoms with Crippen molar-refractivity contribution in [2.45, 2.75) is 12.8 Å². The number of nitrogens with zero attached hydrogens (tertiary/aromatic N) is 1. The highest BCUT2D eigenvalue weighted by Gasteiger charge is 2.11. The Kier molecular flexibility index (Phi) is 7.83. The molecule has 0 radical (unpaired) electrons. The summed E-state index contributed by atoms with van der Waals surface area (Å²) in [6, 6.07) is 13.4. The molecule has 0 heterocycles. The van der Waals surface area contributed by atoms with Gasteiger partial charge in [0.2, 0.25) is 5.91 Å². The smallest absolute Gasteiger partial charge is 0.413 e. The minimum atomic E-state index is -0.475. The molecule has 2 N–H and O–H groups in total. The predicted octanol–water partition coefficient (Wildman–Crippen LogP) is 3.69. The van der Waals surface area contributed by atoms with Crippen molar-refractivity contribution >= 4 is 40.9 Å². The van der Waals surface area contributed by atoms with Crippen LogP contribution in [-0.4, -0.2) is 38.6 Å². The lowest BCUT2D eigenvalue weighted by Gasteiger charge is -2.16. The summed E-state index contributed by atoms with van der Waals surface area (Å²) in [7, 11) is 2.91. The molecule has 0 aromatic heterocycles. The standard InChI is InChI=1S/C20H22ClN3O4/c1-24(20(27)28-2)17-11-9-16(10-12-17)23-18(25)4-3-13-22-19(26)14-5-7-15(21)8-6-14/h5-12H,3-4,13H2,1-2H3,(H,22,26)(H,23,25). The monoisotopic (exact) mass is 403 g/mol. The highest BCUT2D eigenvalue weighted by Crippen LogP contribution is 2.17. The number of halogens is 1. The van der Waals surface area contributed by atoms with Crippen LogP contribution in [0.1, 0.15) is 23.2 Å². The quantitative estimate of drug-likeness (QED) is 0.690. The predicted molar refractivity (Wildman–Crippen MR) is 109 cm³/mol. The lowest BCUT2D eigenvalue weighted by molar-refractivity contribution is -0.116. The summed E-state index contributed by atoms with van der Waals surface area (Å²) in [6.07, 6.45) is 0.302. The van der Waals surface area contributed by atoms with E-state index in [0.29, 0.717) is 34.9 Å². The Balaban J connectivity index is 1.73. The third-order valence-electron chi connectivity index (χ3n) is 3.96. The molecular weight excluding hydrogens is 382 g/mol. The molecule has 0 atom stereocenters. The van der Waals surface area contributed by atoms with Gasteiger partial charge in [-0.25, -0.2) is 4.79 Å². The van der Waals surface area contributed by atoms with Gasteiger partial charge in [0.25, 0.3) is 5.91 Å². The Bertz CT molecular complexity index is 822. The average Bonchev–Trinajstić information content (AvgIpc) is 2.71. The molecule has 0 spiro atoms. The number of hydrogen-bond donors (Lipinski definition) is 2. The molecule has 0 aliphatic carbocycles. The van der Waals surface area contributed by atoms with Gasteiger partial charge in [-0.15, -0.1) is 0 Å². The zero-order chi connectivity index (χ0) is 20.5. The van der Waals surface area contributed by atoms with Gasteiger partial charge in [-0.1, -0.05) is 11.6 Å². The van der Waals surface area contributed by atoms with Crippen LogP contribution in [0.15, 0.2) is 48.5 Å². The summed E-state index contributed by atoms with van der Waals surface area (Å²) in [5.74, 6) is -0.364. The minimum Gasteiger partial charge on any atom is -0.452 e. The molecule has 0 aliphatic rings. The molecular formula is C20H22ClN3O4. The lowest BCUT2D eigenvalue weighted by Crippen LogP contribution is -2.26. The average molecular weight is 404 g/mol. The van der Waals surface area contributed by atoms with Crippen LogP contribution in [0, 0.1) is 0 Å². The first-order chi connectivity index (χ1) is 13.4. The Labute approximate surface area is 168 Å². The molecule has 0 aliphatic heterocycles. The number of nitrogens with one attached hydrogen (secondary N) is 2. The number of amides is 3. The van der Waals surface area contributed by atoms with E-state index in [2.05, 4.69) is 15.4 Å². The van der Waals surface area contributed by atoms with Crippen molar-refractivity contribution in [1.29, 1.82) is 0 Å². The van der Waals surface area contributed by atoms with Crippen molar-refractivity contribution in [3.8, 4) is 0 Å². The van der Waals surface area contributed by atoms with Crippen LogP contribution in [0.5, 0.6) is 0 Å². The highest BCUT2D eigenvalue weighted by molar-refractivity contribution is 6.30. The van der Waals surface area contributed by atoms with Crippen LogP contribution < -0.4 is 15.5 Å².